The zero-order valence-electron chi connectivity index (χ0n) is 10.2. The summed E-state index contributed by atoms with van der Waals surface area (Å²) in [5.74, 6) is 0.395. The molecule has 2 heteroatoms. The van der Waals surface area contributed by atoms with E-state index in [1.165, 1.54) is 0 Å². The van der Waals surface area contributed by atoms with Crippen LogP contribution in [0.3, 0.4) is 0 Å². The highest BCUT2D eigenvalue weighted by Crippen LogP contribution is 2.04. The fourth-order valence-electron chi connectivity index (χ4n) is 0.678. The molecular formula is C12H23FO. The van der Waals surface area contributed by atoms with Gasteiger partial charge in [-0.2, -0.15) is 0 Å². The molecular weight excluding hydrogens is 179 g/mol. The normalized spacial score (nSPS) is 10.4. The summed E-state index contributed by atoms with van der Waals surface area (Å²) in [6.45, 7) is 11.1. The fraction of sp³-hybridized carbons (Fsp3) is 0.667. The average molecular weight is 202 g/mol. The highest BCUT2D eigenvalue weighted by atomic mass is 19.1. The van der Waals surface area contributed by atoms with Gasteiger partial charge in [0.2, 0.25) is 0 Å². The number of hydrogen-bond donors (Lipinski definition) is 0. The van der Waals surface area contributed by atoms with Crippen molar-refractivity contribution in [2.24, 2.45) is 0 Å². The predicted molar refractivity (Wildman–Crippen MR) is 61.1 cm³/mol. The largest absolute Gasteiger partial charge is 0.493 e. The molecule has 0 aromatic heterocycles. The quantitative estimate of drug-likeness (QED) is 0.489. The molecule has 0 bridgehead atoms. The molecule has 0 fully saturated rings. The maximum atomic E-state index is 12.2. The number of rotatable bonds is 4. The molecule has 0 aliphatic carbocycles. The molecule has 0 N–H and O–H groups in total. The Kier molecular flexibility index (Phi) is 11.5. The lowest BCUT2D eigenvalue weighted by molar-refractivity contribution is 0.131. The molecule has 0 aliphatic rings. The molecule has 0 spiro atoms. The number of halogens is 1. The van der Waals surface area contributed by atoms with Gasteiger partial charge >= 0.3 is 0 Å². The monoisotopic (exact) mass is 202 g/mol. The summed E-state index contributed by atoms with van der Waals surface area (Å²) in [6.07, 6.45) is 3.56. The van der Waals surface area contributed by atoms with Gasteiger partial charge < -0.3 is 4.74 Å². The molecule has 0 atom stereocenters. The van der Waals surface area contributed by atoms with E-state index in [4.69, 9.17) is 4.74 Å². The second-order valence-corrected chi connectivity index (χ2v) is 3.18. The molecule has 0 saturated heterocycles. The lowest BCUT2D eigenvalue weighted by Gasteiger charge is -2.09. The smallest absolute Gasteiger partial charge is 0.147 e. The lowest BCUT2D eigenvalue weighted by Crippen LogP contribution is -2.03. The SMILES string of the molecule is CC.CC(C)=C/C=C(\CF)OC(C)C. The van der Waals surface area contributed by atoms with Crippen molar-refractivity contribution in [1.82, 2.24) is 0 Å². The van der Waals surface area contributed by atoms with Crippen LogP contribution in [0.4, 0.5) is 4.39 Å². The van der Waals surface area contributed by atoms with Crippen molar-refractivity contribution in [3.05, 3.63) is 23.5 Å². The van der Waals surface area contributed by atoms with Crippen molar-refractivity contribution >= 4 is 0 Å². The zero-order chi connectivity index (χ0) is 11.6. The lowest BCUT2D eigenvalue weighted by atomic mass is 10.3. The Morgan fingerprint density at radius 2 is 1.71 bits per heavy atom. The van der Waals surface area contributed by atoms with Crippen LogP contribution in [0.15, 0.2) is 23.5 Å². The van der Waals surface area contributed by atoms with Crippen LogP contribution in [-0.4, -0.2) is 12.8 Å². The summed E-state index contributed by atoms with van der Waals surface area (Å²) >= 11 is 0. The van der Waals surface area contributed by atoms with Gasteiger partial charge in [0, 0.05) is 0 Å². The van der Waals surface area contributed by atoms with E-state index in [2.05, 4.69) is 0 Å². The van der Waals surface area contributed by atoms with Crippen molar-refractivity contribution in [2.45, 2.75) is 47.6 Å². The molecule has 0 unspecified atom stereocenters. The van der Waals surface area contributed by atoms with Gasteiger partial charge in [-0.1, -0.05) is 25.5 Å². The molecule has 84 valence electrons. The predicted octanol–water partition coefficient (Wildman–Crippen LogP) is 4.26. The van der Waals surface area contributed by atoms with Crippen LogP contribution in [0.25, 0.3) is 0 Å². The van der Waals surface area contributed by atoms with Gasteiger partial charge in [0.1, 0.15) is 12.4 Å². The summed E-state index contributed by atoms with van der Waals surface area (Å²) in [5.41, 5.74) is 1.13. The van der Waals surface area contributed by atoms with Gasteiger partial charge in [0.05, 0.1) is 6.10 Å². The van der Waals surface area contributed by atoms with Gasteiger partial charge in [-0.3, -0.25) is 0 Å². The van der Waals surface area contributed by atoms with Crippen LogP contribution in [0.1, 0.15) is 41.5 Å². The van der Waals surface area contributed by atoms with Crippen molar-refractivity contribution in [3.63, 3.8) is 0 Å². The Morgan fingerprint density at radius 1 is 1.21 bits per heavy atom. The Morgan fingerprint density at radius 3 is 2.00 bits per heavy atom. The topological polar surface area (TPSA) is 9.23 Å². The second kappa shape index (κ2) is 10.3. The van der Waals surface area contributed by atoms with E-state index in [-0.39, 0.29) is 6.10 Å². The fourth-order valence-corrected chi connectivity index (χ4v) is 0.678. The highest BCUT2D eigenvalue weighted by Gasteiger charge is 1.98. The molecule has 1 nitrogen and oxygen atoms in total. The van der Waals surface area contributed by atoms with Gasteiger partial charge in [-0.15, -0.1) is 0 Å². The van der Waals surface area contributed by atoms with E-state index in [0.29, 0.717) is 5.76 Å². The first-order valence-corrected chi connectivity index (χ1v) is 5.13. The minimum atomic E-state index is -0.540. The molecule has 0 saturated carbocycles. The van der Waals surface area contributed by atoms with Gasteiger partial charge in [0.15, 0.2) is 0 Å². The third-order valence-corrected chi connectivity index (χ3v) is 1.12. The van der Waals surface area contributed by atoms with Crippen LogP contribution in [0, 0.1) is 0 Å². The molecule has 14 heavy (non-hydrogen) atoms. The first-order valence-electron chi connectivity index (χ1n) is 5.13. The van der Waals surface area contributed by atoms with Crippen molar-refractivity contribution in [2.75, 3.05) is 6.67 Å². The highest BCUT2D eigenvalue weighted by molar-refractivity contribution is 5.12. The minimum Gasteiger partial charge on any atom is -0.493 e. The van der Waals surface area contributed by atoms with Gasteiger partial charge in [-0.05, 0) is 33.8 Å². The van der Waals surface area contributed by atoms with Crippen LogP contribution in [-0.2, 0) is 4.74 Å². The third-order valence-electron chi connectivity index (χ3n) is 1.12. The molecule has 0 aromatic rings. The standard InChI is InChI=1S/C10H17FO.C2H6/c1-8(2)5-6-10(7-11)12-9(3)4;1-2/h5-6,9H,7H2,1-4H3;1-2H3/b10-6+;. The van der Waals surface area contributed by atoms with Crippen LogP contribution < -0.4 is 0 Å². The first-order chi connectivity index (χ1) is 6.56. The Hall–Kier alpha value is -0.790. The summed E-state index contributed by atoms with van der Waals surface area (Å²) in [5, 5.41) is 0. The summed E-state index contributed by atoms with van der Waals surface area (Å²) < 4.78 is 17.4. The summed E-state index contributed by atoms with van der Waals surface area (Å²) in [4.78, 5) is 0. The van der Waals surface area contributed by atoms with Gasteiger partial charge in [0.25, 0.3) is 0 Å². The maximum Gasteiger partial charge on any atom is 0.147 e. The van der Waals surface area contributed by atoms with Crippen molar-refractivity contribution < 1.29 is 9.13 Å². The average Bonchev–Trinajstić information content (AvgIpc) is 2.14. The third kappa shape index (κ3) is 11.2. The van der Waals surface area contributed by atoms with E-state index in [9.17, 15) is 4.39 Å². The first kappa shape index (κ1) is 15.7. The molecule has 0 amide bonds. The van der Waals surface area contributed by atoms with E-state index in [1.54, 1.807) is 6.08 Å². The molecule has 0 heterocycles. The summed E-state index contributed by atoms with van der Waals surface area (Å²) in [6, 6.07) is 0. The van der Waals surface area contributed by atoms with E-state index < -0.39 is 6.67 Å². The maximum absolute atomic E-state index is 12.2. The Bertz CT molecular complexity index is 177. The van der Waals surface area contributed by atoms with Crippen LogP contribution >= 0.6 is 0 Å². The molecule has 0 aromatic carbocycles. The Balaban J connectivity index is 0. The van der Waals surface area contributed by atoms with E-state index >= 15 is 0 Å². The van der Waals surface area contributed by atoms with E-state index in [1.807, 2.05) is 47.6 Å². The minimum absolute atomic E-state index is 0.0394. The number of allylic oxidation sites excluding steroid dienone is 4. The number of alkyl halides is 1. The number of hydrogen-bond acceptors (Lipinski definition) is 1. The molecule has 0 aliphatic heterocycles. The van der Waals surface area contributed by atoms with Crippen molar-refractivity contribution in [3.8, 4) is 0 Å². The second-order valence-electron chi connectivity index (χ2n) is 3.18. The van der Waals surface area contributed by atoms with Gasteiger partial charge in [-0.25, -0.2) is 4.39 Å². The molecule has 0 radical (unpaired) electrons. The Labute approximate surface area is 87.7 Å². The number of ether oxygens (including phenoxy) is 1. The molecule has 0 rings (SSSR count). The zero-order valence-corrected chi connectivity index (χ0v) is 10.2. The van der Waals surface area contributed by atoms with Crippen molar-refractivity contribution in [1.29, 1.82) is 0 Å². The van der Waals surface area contributed by atoms with Crippen LogP contribution in [0.5, 0.6) is 0 Å². The summed E-state index contributed by atoms with van der Waals surface area (Å²) in [7, 11) is 0. The van der Waals surface area contributed by atoms with E-state index in [0.717, 1.165) is 5.57 Å². The van der Waals surface area contributed by atoms with Crippen LogP contribution in [0.2, 0.25) is 0 Å².